The summed E-state index contributed by atoms with van der Waals surface area (Å²) in [7, 11) is 0. The first-order chi connectivity index (χ1) is 15.8. The minimum absolute atomic E-state index is 0.146. The molecule has 4 rings (SSSR count). The summed E-state index contributed by atoms with van der Waals surface area (Å²) >= 11 is 0. The Morgan fingerprint density at radius 3 is 2.91 bits per heavy atom. The van der Waals surface area contributed by atoms with Crippen molar-refractivity contribution in [3.8, 4) is 5.75 Å². The van der Waals surface area contributed by atoms with Crippen LogP contribution in [0.15, 0.2) is 40.9 Å². The lowest BCUT2D eigenvalue weighted by Crippen LogP contribution is -2.43. The van der Waals surface area contributed by atoms with E-state index >= 15 is 0 Å². The first-order valence-electron chi connectivity index (χ1n) is 11.7. The van der Waals surface area contributed by atoms with Crippen molar-refractivity contribution in [3.63, 3.8) is 0 Å². The third-order valence-electron chi connectivity index (χ3n) is 6.27. The van der Waals surface area contributed by atoms with Crippen LogP contribution >= 0.6 is 0 Å². The van der Waals surface area contributed by atoms with E-state index in [1.807, 2.05) is 36.4 Å². The monoisotopic (exact) mass is 442 g/mol. The number of para-hydroxylation sites is 1. The van der Waals surface area contributed by atoms with Crippen LogP contribution in [0.3, 0.4) is 0 Å². The number of amides is 1. The Morgan fingerprint density at radius 2 is 2.06 bits per heavy atom. The fraction of sp³-hybridized carbons (Fsp3) is 0.583. The van der Waals surface area contributed by atoms with E-state index in [1.165, 1.54) is 0 Å². The molecule has 0 saturated carbocycles. The summed E-state index contributed by atoms with van der Waals surface area (Å²) in [5.41, 5.74) is 0.920. The molecular weight excluding hydrogens is 408 g/mol. The number of piperidine rings is 1. The van der Waals surface area contributed by atoms with E-state index in [2.05, 4.69) is 20.7 Å². The molecule has 2 N–H and O–H groups in total. The number of hydrogen-bond acceptors (Lipinski definition) is 7. The van der Waals surface area contributed by atoms with Crippen molar-refractivity contribution in [2.75, 3.05) is 52.5 Å². The van der Waals surface area contributed by atoms with Crippen molar-refractivity contribution in [1.82, 2.24) is 20.7 Å². The second-order valence-electron chi connectivity index (χ2n) is 8.61. The van der Waals surface area contributed by atoms with Crippen LogP contribution in [0.1, 0.15) is 24.3 Å². The summed E-state index contributed by atoms with van der Waals surface area (Å²) in [5, 5.41) is 10.8. The zero-order chi connectivity index (χ0) is 22.0. The van der Waals surface area contributed by atoms with Gasteiger partial charge in [-0.2, -0.15) is 0 Å². The van der Waals surface area contributed by atoms with Gasteiger partial charge in [0.05, 0.1) is 18.9 Å². The third-order valence-corrected chi connectivity index (χ3v) is 6.27. The molecule has 0 bridgehead atoms. The highest BCUT2D eigenvalue weighted by Crippen LogP contribution is 2.26. The predicted octanol–water partition coefficient (Wildman–Crippen LogP) is 1.86. The van der Waals surface area contributed by atoms with Crippen molar-refractivity contribution in [2.24, 2.45) is 11.8 Å². The van der Waals surface area contributed by atoms with Crippen molar-refractivity contribution in [3.05, 3.63) is 47.9 Å². The molecule has 2 saturated heterocycles. The van der Waals surface area contributed by atoms with Gasteiger partial charge in [0.1, 0.15) is 12.4 Å². The van der Waals surface area contributed by atoms with Crippen LogP contribution in [0.2, 0.25) is 0 Å². The van der Waals surface area contributed by atoms with E-state index in [1.54, 1.807) is 0 Å². The van der Waals surface area contributed by atoms with Crippen molar-refractivity contribution in [2.45, 2.75) is 25.9 Å². The molecule has 3 heterocycles. The largest absolute Gasteiger partial charge is 0.486 e. The molecule has 0 radical (unpaired) electrons. The molecule has 1 amide bonds. The lowest BCUT2D eigenvalue weighted by atomic mass is 9.81. The smallest absolute Gasteiger partial charge is 0.220 e. The zero-order valence-electron chi connectivity index (χ0n) is 18.6. The van der Waals surface area contributed by atoms with Gasteiger partial charge in [-0.05, 0) is 49.9 Å². The van der Waals surface area contributed by atoms with Gasteiger partial charge in [-0.15, -0.1) is 0 Å². The molecular formula is C24H34N4O4. The van der Waals surface area contributed by atoms with E-state index in [0.717, 1.165) is 70.2 Å². The van der Waals surface area contributed by atoms with Gasteiger partial charge < -0.3 is 24.6 Å². The van der Waals surface area contributed by atoms with Gasteiger partial charge >= 0.3 is 0 Å². The van der Waals surface area contributed by atoms with Gasteiger partial charge in [0.2, 0.25) is 5.91 Å². The molecule has 174 valence electrons. The van der Waals surface area contributed by atoms with E-state index in [-0.39, 0.29) is 5.91 Å². The normalized spacial score (nSPS) is 21.9. The van der Waals surface area contributed by atoms with Crippen LogP contribution in [0.25, 0.3) is 0 Å². The number of nitrogens with one attached hydrogen (secondary N) is 2. The van der Waals surface area contributed by atoms with Gasteiger partial charge in [0, 0.05) is 38.7 Å². The average molecular weight is 443 g/mol. The first kappa shape index (κ1) is 22.8. The van der Waals surface area contributed by atoms with E-state index in [4.69, 9.17) is 14.0 Å². The molecule has 2 aliphatic heterocycles. The molecule has 2 atom stereocenters. The topological polar surface area (TPSA) is 88.9 Å². The van der Waals surface area contributed by atoms with Crippen LogP contribution in [0, 0.1) is 11.8 Å². The number of ether oxygens (including phenoxy) is 2. The van der Waals surface area contributed by atoms with Crippen LogP contribution in [-0.4, -0.2) is 68.4 Å². The number of rotatable bonds is 10. The van der Waals surface area contributed by atoms with Crippen molar-refractivity contribution < 1.29 is 18.8 Å². The average Bonchev–Trinajstić information content (AvgIpc) is 3.28. The summed E-state index contributed by atoms with van der Waals surface area (Å²) in [6, 6.07) is 11.6. The number of aromatic nitrogens is 1. The quantitative estimate of drug-likeness (QED) is 0.581. The summed E-state index contributed by atoms with van der Waals surface area (Å²) < 4.78 is 16.6. The highest BCUT2D eigenvalue weighted by molar-refractivity contribution is 5.76. The van der Waals surface area contributed by atoms with E-state index in [9.17, 15) is 4.79 Å². The molecule has 2 fully saturated rings. The number of benzene rings is 1. The molecule has 1 aromatic carbocycles. The molecule has 0 spiro atoms. The Morgan fingerprint density at radius 1 is 1.22 bits per heavy atom. The van der Waals surface area contributed by atoms with Crippen molar-refractivity contribution in [1.29, 1.82) is 0 Å². The molecule has 32 heavy (non-hydrogen) atoms. The summed E-state index contributed by atoms with van der Waals surface area (Å²) in [5.74, 6) is 2.38. The zero-order valence-corrected chi connectivity index (χ0v) is 18.6. The highest BCUT2D eigenvalue weighted by atomic mass is 16.5. The Kier molecular flexibility index (Phi) is 8.53. The van der Waals surface area contributed by atoms with Crippen LogP contribution in [-0.2, 0) is 22.6 Å². The fourth-order valence-corrected chi connectivity index (χ4v) is 4.43. The highest BCUT2D eigenvalue weighted by Gasteiger charge is 2.28. The molecule has 2 aromatic rings. The molecule has 0 aliphatic carbocycles. The SMILES string of the molecule is O=C(C[C@@H]1CCNC[C@H]1Cc1cc(COc2ccccc2)on1)NCCN1CCOCC1. The third kappa shape index (κ3) is 7.05. The molecule has 1 aromatic heterocycles. The minimum atomic E-state index is 0.146. The molecule has 0 unspecified atom stereocenters. The standard InChI is InChI=1S/C24H34N4O4/c29-24(26-8-9-28-10-12-30-13-11-28)15-19-6-7-25-17-20(19)14-21-16-23(32-27-21)18-31-22-4-2-1-3-5-22/h1-5,16,19-20,25H,6-15,17-18H2,(H,26,29)/t19-,20+/m0/s1. The Bertz CT molecular complexity index is 822. The molecule has 2 aliphatic rings. The van der Waals surface area contributed by atoms with Gasteiger partial charge in [-0.25, -0.2) is 0 Å². The Balaban J connectivity index is 1.21. The molecule has 8 nitrogen and oxygen atoms in total. The van der Waals surface area contributed by atoms with Gasteiger partial charge in [-0.1, -0.05) is 23.4 Å². The maximum atomic E-state index is 12.5. The lowest BCUT2D eigenvalue weighted by molar-refractivity contribution is -0.122. The summed E-state index contributed by atoms with van der Waals surface area (Å²) in [4.78, 5) is 14.9. The van der Waals surface area contributed by atoms with Crippen molar-refractivity contribution >= 4 is 5.91 Å². The molecule has 8 heteroatoms. The number of carbonyl (C=O) groups excluding carboxylic acids is 1. The van der Waals surface area contributed by atoms with E-state index < -0.39 is 0 Å². The van der Waals surface area contributed by atoms with Gasteiger partial charge in [0.25, 0.3) is 0 Å². The first-order valence-corrected chi connectivity index (χ1v) is 11.7. The summed E-state index contributed by atoms with van der Waals surface area (Å²) in [6.07, 6.45) is 2.37. The second kappa shape index (κ2) is 12.0. The summed E-state index contributed by atoms with van der Waals surface area (Å²) in [6.45, 7) is 7.25. The van der Waals surface area contributed by atoms with Gasteiger partial charge in [-0.3, -0.25) is 9.69 Å². The van der Waals surface area contributed by atoms with Crippen LogP contribution in [0.5, 0.6) is 5.75 Å². The minimum Gasteiger partial charge on any atom is -0.486 e. The van der Waals surface area contributed by atoms with Crippen LogP contribution < -0.4 is 15.4 Å². The fourth-order valence-electron chi connectivity index (χ4n) is 4.43. The van der Waals surface area contributed by atoms with Gasteiger partial charge in [0.15, 0.2) is 5.76 Å². The number of carbonyl (C=O) groups is 1. The van der Waals surface area contributed by atoms with E-state index in [0.29, 0.717) is 37.2 Å². The lowest BCUT2D eigenvalue weighted by Gasteiger charge is -2.31. The maximum absolute atomic E-state index is 12.5. The predicted molar refractivity (Wildman–Crippen MR) is 120 cm³/mol. The Hall–Kier alpha value is -2.42. The number of nitrogens with zero attached hydrogens (tertiary/aromatic N) is 2. The maximum Gasteiger partial charge on any atom is 0.220 e. The second-order valence-corrected chi connectivity index (χ2v) is 8.61. The number of morpholine rings is 1. The Labute approximate surface area is 189 Å². The number of hydrogen-bond donors (Lipinski definition) is 2. The van der Waals surface area contributed by atoms with Crippen LogP contribution in [0.4, 0.5) is 0 Å².